The maximum atomic E-state index is 9.38. The standard InChI is InChI=1S/CH4N2O2S.Pb/c2-1(3-4)6-5;/h2-3H2;. The molecule has 0 aromatic carbocycles. The van der Waals surface area contributed by atoms with Crippen LogP contribution in [0, 0.1) is 5.21 Å². The second-order valence-corrected chi connectivity index (χ2v) is 1.24. The molecule has 0 aliphatic rings. The van der Waals surface area contributed by atoms with Gasteiger partial charge >= 0.3 is 0 Å². The van der Waals surface area contributed by atoms with Crippen molar-refractivity contribution in [2.45, 2.75) is 0 Å². The van der Waals surface area contributed by atoms with Gasteiger partial charge in [-0.05, 0) is 0 Å². The van der Waals surface area contributed by atoms with Crippen molar-refractivity contribution in [2.24, 2.45) is 5.73 Å². The fourth-order valence-electron chi connectivity index (χ4n) is 0.0196. The third-order valence-electron chi connectivity index (χ3n) is 0.212. The average molecular weight is 315 g/mol. The van der Waals surface area contributed by atoms with Crippen LogP contribution in [0.15, 0.2) is 0 Å². The molecule has 0 saturated carbocycles. The Morgan fingerprint density at radius 1 is 1.86 bits per heavy atom. The molecule has 40 valence electrons. The van der Waals surface area contributed by atoms with E-state index in [0.717, 1.165) is 0 Å². The van der Waals surface area contributed by atoms with Crippen LogP contribution in [0.25, 0.3) is 0 Å². The van der Waals surface area contributed by atoms with Crippen molar-refractivity contribution >= 4 is 43.7 Å². The number of rotatable bonds is 0. The monoisotopic (exact) mass is 316 g/mol. The summed E-state index contributed by atoms with van der Waals surface area (Å²) in [4.78, 5) is 0. The van der Waals surface area contributed by atoms with E-state index in [4.69, 9.17) is 0 Å². The third kappa shape index (κ3) is 6.69. The predicted octanol–water partition coefficient (Wildman–Crippen LogP) is -3.07. The molecule has 0 aliphatic heterocycles. The van der Waals surface area contributed by atoms with E-state index in [1.165, 1.54) is 0 Å². The Kier molecular flexibility index (Phi) is 10.2. The maximum absolute atomic E-state index is 9.38. The minimum Gasteiger partial charge on any atom is -0.629 e. The van der Waals surface area contributed by atoms with Gasteiger partial charge in [0.25, 0.3) is 5.11 Å². The number of hydroxylamine groups is 1. The summed E-state index contributed by atoms with van der Waals surface area (Å²) in [6, 6.07) is 0. The smallest absolute Gasteiger partial charge is 0.270 e. The molecule has 0 heterocycles. The average Bonchev–Trinajstić information content (AvgIpc) is 1.65. The molecule has 0 aromatic rings. The number of quaternary nitrogens is 1. The van der Waals surface area contributed by atoms with Gasteiger partial charge in [-0.1, -0.05) is 0 Å². The molecule has 0 bridgehead atoms. The summed E-state index contributed by atoms with van der Waals surface area (Å²) in [7, 11) is 0. The zero-order valence-corrected chi connectivity index (χ0v) is 8.08. The molecule has 0 saturated heterocycles. The Labute approximate surface area is 64.3 Å². The van der Waals surface area contributed by atoms with Gasteiger partial charge in [-0.2, -0.15) is 0 Å². The van der Waals surface area contributed by atoms with Gasteiger partial charge in [-0.15, -0.1) is 0 Å². The Bertz CT molecular complexity index is 89.7. The van der Waals surface area contributed by atoms with Crippen molar-refractivity contribution in [2.75, 3.05) is 0 Å². The molecule has 4 N–H and O–H groups in total. The van der Waals surface area contributed by atoms with Crippen molar-refractivity contribution in [3.05, 3.63) is 5.21 Å². The van der Waals surface area contributed by atoms with Crippen LogP contribution in [0.4, 0.5) is 0 Å². The molecule has 7 heavy (non-hydrogen) atoms. The molecule has 0 aliphatic carbocycles. The number of hydrogen-bond acceptors (Lipinski definition) is 2. The Morgan fingerprint density at radius 2 is 2.29 bits per heavy atom. The van der Waals surface area contributed by atoms with E-state index in [9.17, 15) is 9.42 Å². The van der Waals surface area contributed by atoms with Crippen molar-refractivity contribution in [3.8, 4) is 0 Å². The van der Waals surface area contributed by atoms with E-state index in [0.29, 0.717) is 5.48 Å². The van der Waals surface area contributed by atoms with Gasteiger partial charge in [0.05, 0.1) is 0 Å². The van der Waals surface area contributed by atoms with Gasteiger partial charge < -0.3 is 10.7 Å². The first-order valence-corrected chi connectivity index (χ1v) is 1.93. The first-order valence-electron chi connectivity index (χ1n) is 1.18. The van der Waals surface area contributed by atoms with Crippen LogP contribution in [-0.4, -0.2) is 36.6 Å². The van der Waals surface area contributed by atoms with Gasteiger partial charge in [-0.25, -0.2) is 9.94 Å². The topological polar surface area (TPSA) is 82.8 Å². The molecule has 0 fully saturated rings. The first kappa shape index (κ1) is 10.6. The van der Waals surface area contributed by atoms with E-state index in [1.54, 1.807) is 0 Å². The van der Waals surface area contributed by atoms with Crippen LogP contribution in [0.1, 0.15) is 0 Å². The molecule has 6 heteroatoms. The van der Waals surface area contributed by atoms with Crippen LogP contribution in [0.5, 0.6) is 0 Å². The summed E-state index contributed by atoms with van der Waals surface area (Å²) in [5, 5.41) is 9.13. The summed E-state index contributed by atoms with van der Waals surface area (Å²) in [5.74, 6) is 0. The fraction of sp³-hybridized carbons (Fsp3) is 0. The van der Waals surface area contributed by atoms with Crippen LogP contribution in [-0.2, 0) is 11.3 Å². The SMILES string of the molecule is NC([NH2+][O-])=S=O.[Pb]. The van der Waals surface area contributed by atoms with Crippen LogP contribution in [0.3, 0.4) is 0 Å². The maximum Gasteiger partial charge on any atom is 0.270 e. The quantitative estimate of drug-likeness (QED) is 0.283. The normalized spacial score (nSPS) is 6.57. The summed E-state index contributed by atoms with van der Waals surface area (Å²) >= 11 is 0.00116. The molecular formula is CH4N2O2PbS. The number of hydrogen-bond donors (Lipinski definition) is 2. The predicted molar refractivity (Wildman–Crippen MR) is 28.4 cm³/mol. The minimum absolute atomic E-state index is 0. The molecule has 0 aromatic heterocycles. The Morgan fingerprint density at radius 3 is 2.29 bits per heavy atom. The second kappa shape index (κ2) is 6.69. The van der Waals surface area contributed by atoms with Gasteiger partial charge in [0, 0.05) is 27.3 Å². The molecule has 4 nitrogen and oxygen atoms in total. The van der Waals surface area contributed by atoms with E-state index in [-0.39, 0.29) is 43.7 Å². The van der Waals surface area contributed by atoms with E-state index >= 15 is 0 Å². The van der Waals surface area contributed by atoms with Gasteiger partial charge in [-0.3, -0.25) is 0 Å². The molecule has 0 amide bonds. The van der Waals surface area contributed by atoms with Crippen LogP contribution < -0.4 is 11.2 Å². The second-order valence-electron chi connectivity index (χ2n) is 0.604. The summed E-state index contributed by atoms with van der Waals surface area (Å²) < 4.78 is 9.38. The van der Waals surface area contributed by atoms with Gasteiger partial charge in [0.15, 0.2) is 11.3 Å². The molecular weight excluding hydrogens is 311 g/mol. The van der Waals surface area contributed by atoms with Crippen LogP contribution >= 0.6 is 0 Å². The zero-order valence-electron chi connectivity index (χ0n) is 3.38. The van der Waals surface area contributed by atoms with E-state index in [2.05, 4.69) is 5.73 Å². The Balaban J connectivity index is 0. The molecule has 0 atom stereocenters. The van der Waals surface area contributed by atoms with Crippen molar-refractivity contribution in [1.29, 1.82) is 0 Å². The zero-order chi connectivity index (χ0) is 4.99. The summed E-state index contributed by atoms with van der Waals surface area (Å²) in [6.45, 7) is 0. The van der Waals surface area contributed by atoms with Gasteiger partial charge in [0.1, 0.15) is 0 Å². The van der Waals surface area contributed by atoms with Gasteiger partial charge in [0.2, 0.25) is 0 Å². The largest absolute Gasteiger partial charge is 0.629 e. The van der Waals surface area contributed by atoms with E-state index in [1.807, 2.05) is 0 Å². The molecule has 0 spiro atoms. The van der Waals surface area contributed by atoms with Crippen molar-refractivity contribution in [1.82, 2.24) is 0 Å². The van der Waals surface area contributed by atoms with E-state index < -0.39 is 0 Å². The minimum atomic E-state index is -0.227. The summed E-state index contributed by atoms with van der Waals surface area (Å²) in [5.41, 5.74) is 4.99. The fourth-order valence-corrected chi connectivity index (χ4v) is 0.0589. The van der Waals surface area contributed by atoms with Crippen molar-refractivity contribution in [3.63, 3.8) is 0 Å². The number of nitrogens with two attached hydrogens (primary N) is 2. The summed E-state index contributed by atoms with van der Waals surface area (Å²) in [6.07, 6.45) is 0. The van der Waals surface area contributed by atoms with Crippen molar-refractivity contribution < 1.29 is 9.69 Å². The molecule has 0 rings (SSSR count). The molecule has 0 unspecified atom stereocenters. The Hall–Kier alpha value is 0.692. The first-order chi connectivity index (χ1) is 2.81. The third-order valence-corrected chi connectivity index (χ3v) is 0.501. The molecule has 4 radical (unpaired) electrons. The van der Waals surface area contributed by atoms with Crippen LogP contribution in [0.2, 0.25) is 0 Å².